The fraction of sp³-hybridized carbons (Fsp3) is 0.632. The van der Waals surface area contributed by atoms with Gasteiger partial charge in [0.15, 0.2) is 5.82 Å². The van der Waals surface area contributed by atoms with Crippen LogP contribution in [0.4, 0.5) is 0 Å². The molecule has 1 fully saturated rings. The normalized spacial score (nSPS) is 22.3. The maximum absolute atomic E-state index is 12.1. The second-order valence-corrected chi connectivity index (χ2v) is 7.40. The van der Waals surface area contributed by atoms with Crippen LogP contribution >= 0.6 is 0 Å². The Balaban J connectivity index is 1.25. The van der Waals surface area contributed by atoms with Gasteiger partial charge in [0.05, 0.1) is 6.54 Å². The SMILES string of the molecule is C[C@H]1C[C@@H]1c1ccc(CCC(=O)NCc2nnc3n2CCCCC3)o1. The average Bonchev–Trinajstić information content (AvgIpc) is 3.06. The molecular weight excluding hydrogens is 316 g/mol. The highest BCUT2D eigenvalue weighted by Gasteiger charge is 2.36. The number of fused-ring (bicyclic) bond motifs is 1. The second-order valence-electron chi connectivity index (χ2n) is 7.40. The van der Waals surface area contributed by atoms with Gasteiger partial charge in [-0.3, -0.25) is 4.79 Å². The van der Waals surface area contributed by atoms with E-state index in [-0.39, 0.29) is 5.91 Å². The van der Waals surface area contributed by atoms with Gasteiger partial charge >= 0.3 is 0 Å². The number of aryl methyl sites for hydroxylation is 2. The van der Waals surface area contributed by atoms with Gasteiger partial charge in [-0.15, -0.1) is 10.2 Å². The maximum atomic E-state index is 12.1. The maximum Gasteiger partial charge on any atom is 0.220 e. The lowest BCUT2D eigenvalue weighted by Gasteiger charge is -2.08. The van der Waals surface area contributed by atoms with Gasteiger partial charge < -0.3 is 14.3 Å². The first-order valence-electron chi connectivity index (χ1n) is 9.47. The van der Waals surface area contributed by atoms with Crippen molar-refractivity contribution >= 4 is 5.91 Å². The smallest absolute Gasteiger partial charge is 0.220 e. The Bertz CT molecular complexity index is 748. The van der Waals surface area contributed by atoms with Crippen LogP contribution in [0, 0.1) is 5.92 Å². The summed E-state index contributed by atoms with van der Waals surface area (Å²) in [6.07, 6.45) is 6.86. The van der Waals surface area contributed by atoms with Crippen molar-refractivity contribution in [2.45, 2.75) is 70.9 Å². The van der Waals surface area contributed by atoms with E-state index in [2.05, 4.69) is 33.1 Å². The summed E-state index contributed by atoms with van der Waals surface area (Å²) in [5.41, 5.74) is 0. The molecule has 134 valence electrons. The molecule has 2 atom stereocenters. The summed E-state index contributed by atoms with van der Waals surface area (Å²) >= 11 is 0. The molecule has 1 aliphatic carbocycles. The van der Waals surface area contributed by atoms with Crippen LogP contribution in [0.5, 0.6) is 0 Å². The summed E-state index contributed by atoms with van der Waals surface area (Å²) < 4.78 is 8.03. The number of carbonyl (C=O) groups is 1. The molecule has 0 unspecified atom stereocenters. The average molecular weight is 342 g/mol. The minimum absolute atomic E-state index is 0.0312. The van der Waals surface area contributed by atoms with E-state index in [0.717, 1.165) is 48.5 Å². The fourth-order valence-corrected chi connectivity index (χ4v) is 3.63. The van der Waals surface area contributed by atoms with Gasteiger partial charge in [-0.1, -0.05) is 13.3 Å². The molecule has 25 heavy (non-hydrogen) atoms. The first-order valence-corrected chi connectivity index (χ1v) is 9.47. The highest BCUT2D eigenvalue weighted by molar-refractivity contribution is 5.75. The third kappa shape index (κ3) is 3.78. The molecule has 1 N–H and O–H groups in total. The molecule has 2 aromatic rings. The van der Waals surface area contributed by atoms with Gasteiger partial charge in [-0.2, -0.15) is 0 Å². The number of aromatic nitrogens is 3. The lowest BCUT2D eigenvalue weighted by molar-refractivity contribution is -0.121. The molecule has 2 aliphatic rings. The Morgan fingerprint density at radius 1 is 1.32 bits per heavy atom. The predicted octanol–water partition coefficient (Wildman–Crippen LogP) is 2.97. The van der Waals surface area contributed by atoms with Crippen LogP contribution in [0.1, 0.15) is 68.1 Å². The Morgan fingerprint density at radius 2 is 2.20 bits per heavy atom. The van der Waals surface area contributed by atoms with Crippen molar-refractivity contribution in [3.05, 3.63) is 35.3 Å². The number of furan rings is 1. The van der Waals surface area contributed by atoms with E-state index in [1.807, 2.05) is 6.07 Å². The van der Waals surface area contributed by atoms with Crippen molar-refractivity contribution in [1.82, 2.24) is 20.1 Å². The topological polar surface area (TPSA) is 73.0 Å². The number of rotatable bonds is 6. The standard InChI is InChI=1S/C19H26N4O2/c1-13-11-15(13)16-8-6-14(25-16)7-9-19(24)20-12-18-22-21-17-5-3-2-4-10-23(17)18/h6,8,13,15H,2-5,7,9-12H2,1H3,(H,20,24)/t13-,15-/m0/s1. The summed E-state index contributed by atoms with van der Waals surface area (Å²) in [7, 11) is 0. The van der Waals surface area contributed by atoms with Gasteiger partial charge in [0.25, 0.3) is 0 Å². The zero-order chi connectivity index (χ0) is 17.2. The van der Waals surface area contributed by atoms with Crippen LogP contribution < -0.4 is 5.32 Å². The summed E-state index contributed by atoms with van der Waals surface area (Å²) in [6, 6.07) is 4.07. The Morgan fingerprint density at radius 3 is 3.04 bits per heavy atom. The highest BCUT2D eigenvalue weighted by Crippen LogP contribution is 2.47. The minimum Gasteiger partial charge on any atom is -0.466 e. The number of amides is 1. The number of hydrogen-bond donors (Lipinski definition) is 1. The van der Waals surface area contributed by atoms with Crippen molar-refractivity contribution in [2.24, 2.45) is 5.92 Å². The van der Waals surface area contributed by atoms with Crippen molar-refractivity contribution in [2.75, 3.05) is 0 Å². The molecule has 1 aliphatic heterocycles. The van der Waals surface area contributed by atoms with E-state index in [0.29, 0.717) is 25.3 Å². The molecule has 0 aromatic carbocycles. The molecule has 4 rings (SSSR count). The van der Waals surface area contributed by atoms with Gasteiger partial charge in [-0.25, -0.2) is 0 Å². The Kier molecular flexibility index (Phi) is 4.59. The van der Waals surface area contributed by atoms with Crippen LogP contribution in [0.3, 0.4) is 0 Å². The fourth-order valence-electron chi connectivity index (χ4n) is 3.63. The van der Waals surface area contributed by atoms with E-state index in [9.17, 15) is 4.79 Å². The quantitative estimate of drug-likeness (QED) is 0.876. The number of hydrogen-bond acceptors (Lipinski definition) is 4. The van der Waals surface area contributed by atoms with E-state index in [1.165, 1.54) is 19.3 Å². The molecule has 2 aromatic heterocycles. The van der Waals surface area contributed by atoms with E-state index in [1.54, 1.807) is 0 Å². The highest BCUT2D eigenvalue weighted by atomic mass is 16.3. The minimum atomic E-state index is 0.0312. The van der Waals surface area contributed by atoms with Crippen molar-refractivity contribution in [3.8, 4) is 0 Å². The third-order valence-electron chi connectivity index (χ3n) is 5.39. The molecule has 0 saturated heterocycles. The monoisotopic (exact) mass is 342 g/mol. The summed E-state index contributed by atoms with van der Waals surface area (Å²) in [4.78, 5) is 12.1. The Hall–Kier alpha value is -2.11. The first-order chi connectivity index (χ1) is 12.2. The zero-order valence-electron chi connectivity index (χ0n) is 14.8. The third-order valence-corrected chi connectivity index (χ3v) is 5.39. The molecule has 0 radical (unpaired) electrons. The molecule has 0 bridgehead atoms. The predicted molar refractivity (Wildman–Crippen MR) is 93.0 cm³/mol. The van der Waals surface area contributed by atoms with Crippen molar-refractivity contribution in [1.29, 1.82) is 0 Å². The van der Waals surface area contributed by atoms with Crippen LogP contribution in [0.25, 0.3) is 0 Å². The van der Waals surface area contributed by atoms with E-state index >= 15 is 0 Å². The van der Waals surface area contributed by atoms with Crippen LogP contribution in [-0.2, 0) is 30.7 Å². The number of nitrogens with one attached hydrogen (secondary N) is 1. The molecule has 1 amide bonds. The summed E-state index contributed by atoms with van der Waals surface area (Å²) in [5.74, 6) is 5.26. The van der Waals surface area contributed by atoms with Gasteiger partial charge in [0.2, 0.25) is 5.91 Å². The molecule has 6 heteroatoms. The summed E-state index contributed by atoms with van der Waals surface area (Å²) in [5, 5.41) is 11.5. The molecule has 0 spiro atoms. The van der Waals surface area contributed by atoms with Gasteiger partial charge in [0.1, 0.15) is 17.3 Å². The Labute approximate surface area is 148 Å². The lowest BCUT2D eigenvalue weighted by Crippen LogP contribution is -2.25. The van der Waals surface area contributed by atoms with Crippen molar-refractivity contribution < 1.29 is 9.21 Å². The second kappa shape index (κ2) is 7.02. The van der Waals surface area contributed by atoms with E-state index in [4.69, 9.17) is 4.42 Å². The van der Waals surface area contributed by atoms with Crippen LogP contribution in [0.2, 0.25) is 0 Å². The molecule has 3 heterocycles. The van der Waals surface area contributed by atoms with Crippen LogP contribution in [0.15, 0.2) is 16.5 Å². The largest absolute Gasteiger partial charge is 0.466 e. The van der Waals surface area contributed by atoms with Gasteiger partial charge in [-0.05, 0) is 37.3 Å². The molecule has 6 nitrogen and oxygen atoms in total. The molecular formula is C19H26N4O2. The molecule has 1 saturated carbocycles. The summed E-state index contributed by atoms with van der Waals surface area (Å²) in [6.45, 7) is 3.66. The van der Waals surface area contributed by atoms with Crippen molar-refractivity contribution in [3.63, 3.8) is 0 Å². The first kappa shape index (κ1) is 16.4. The van der Waals surface area contributed by atoms with Gasteiger partial charge in [0, 0.05) is 31.7 Å². The van der Waals surface area contributed by atoms with Crippen LogP contribution in [-0.4, -0.2) is 20.7 Å². The lowest BCUT2D eigenvalue weighted by atomic mass is 10.2. The number of carbonyl (C=O) groups excluding carboxylic acids is 1. The number of nitrogens with zero attached hydrogens (tertiary/aromatic N) is 3. The van der Waals surface area contributed by atoms with E-state index < -0.39 is 0 Å². The zero-order valence-corrected chi connectivity index (χ0v) is 14.8.